The van der Waals surface area contributed by atoms with Crippen LogP contribution in [0.25, 0.3) is 0 Å². The van der Waals surface area contributed by atoms with Crippen molar-refractivity contribution in [2.24, 2.45) is 0 Å². The summed E-state index contributed by atoms with van der Waals surface area (Å²) in [7, 11) is 1.97. The van der Waals surface area contributed by atoms with Crippen molar-refractivity contribution in [2.75, 3.05) is 26.8 Å². The number of nitrogens with zero attached hydrogens (tertiary/aromatic N) is 1. The molecule has 0 aliphatic carbocycles. The van der Waals surface area contributed by atoms with Crippen molar-refractivity contribution in [1.82, 2.24) is 4.90 Å². The summed E-state index contributed by atoms with van der Waals surface area (Å²) < 4.78 is 5.27. The van der Waals surface area contributed by atoms with Gasteiger partial charge in [0.1, 0.15) is 12.4 Å². The van der Waals surface area contributed by atoms with Gasteiger partial charge in [0, 0.05) is 13.1 Å². The van der Waals surface area contributed by atoms with Crippen LogP contribution in [0.15, 0.2) is 24.3 Å². The Balaban J connectivity index is 2.48. The quantitative estimate of drug-likeness (QED) is 0.728. The van der Waals surface area contributed by atoms with Crippen molar-refractivity contribution < 1.29 is 9.84 Å². The normalized spacial score (nSPS) is 10.1. The van der Waals surface area contributed by atoms with Crippen LogP contribution in [0.1, 0.15) is 5.56 Å². The molecule has 0 aliphatic heterocycles. The van der Waals surface area contributed by atoms with Gasteiger partial charge in [-0.1, -0.05) is 18.1 Å². The minimum atomic E-state index is 0.180. The summed E-state index contributed by atoms with van der Waals surface area (Å²) in [4.78, 5) is 2.05. The average Bonchev–Trinajstić information content (AvgIpc) is 2.28. The zero-order chi connectivity index (χ0) is 11.8. The maximum atomic E-state index is 8.78. The smallest absolute Gasteiger partial charge is 0.148 e. The van der Waals surface area contributed by atoms with Gasteiger partial charge in [-0.2, -0.15) is 0 Å². The van der Waals surface area contributed by atoms with Crippen LogP contribution in [0, 0.1) is 12.3 Å². The molecule has 0 atom stereocenters. The molecule has 0 fully saturated rings. The van der Waals surface area contributed by atoms with Crippen LogP contribution < -0.4 is 4.74 Å². The van der Waals surface area contributed by atoms with E-state index in [4.69, 9.17) is 16.3 Å². The number of ether oxygens (including phenoxy) is 1. The van der Waals surface area contributed by atoms with E-state index in [2.05, 4.69) is 10.8 Å². The van der Waals surface area contributed by atoms with Gasteiger partial charge in [-0.3, -0.25) is 4.90 Å². The van der Waals surface area contributed by atoms with E-state index in [1.165, 1.54) is 5.56 Å². The summed E-state index contributed by atoms with van der Waals surface area (Å²) in [5.41, 5.74) is 1.18. The van der Waals surface area contributed by atoms with E-state index in [-0.39, 0.29) is 6.61 Å². The van der Waals surface area contributed by atoms with Crippen LogP contribution in [-0.2, 0) is 6.54 Å². The van der Waals surface area contributed by atoms with Crippen LogP contribution in [0.5, 0.6) is 5.75 Å². The number of hydrogen-bond acceptors (Lipinski definition) is 3. The molecule has 1 aromatic carbocycles. The molecule has 0 heterocycles. The van der Waals surface area contributed by atoms with Crippen LogP contribution in [-0.4, -0.2) is 36.8 Å². The lowest BCUT2D eigenvalue weighted by molar-refractivity contribution is 0.217. The molecule has 1 aromatic rings. The highest BCUT2D eigenvalue weighted by Crippen LogP contribution is 2.12. The first-order chi connectivity index (χ1) is 7.76. The third kappa shape index (κ3) is 4.35. The number of terminal acetylenes is 1. The highest BCUT2D eigenvalue weighted by Gasteiger charge is 1.99. The molecular formula is C13H17NO2. The van der Waals surface area contributed by atoms with Gasteiger partial charge in [0.15, 0.2) is 0 Å². The lowest BCUT2D eigenvalue weighted by Crippen LogP contribution is -2.21. The highest BCUT2D eigenvalue weighted by molar-refractivity contribution is 5.27. The zero-order valence-corrected chi connectivity index (χ0v) is 9.52. The topological polar surface area (TPSA) is 32.7 Å². The fraction of sp³-hybridized carbons (Fsp3) is 0.385. The van der Waals surface area contributed by atoms with Gasteiger partial charge in [0.25, 0.3) is 0 Å². The Morgan fingerprint density at radius 3 is 2.62 bits per heavy atom. The Bertz CT molecular complexity index is 340. The van der Waals surface area contributed by atoms with E-state index < -0.39 is 0 Å². The summed E-state index contributed by atoms with van der Waals surface area (Å²) in [5, 5.41) is 8.78. The molecule has 86 valence electrons. The number of rotatable bonds is 6. The second-order valence-electron chi connectivity index (χ2n) is 3.60. The fourth-order valence-electron chi connectivity index (χ4n) is 1.38. The van der Waals surface area contributed by atoms with Crippen LogP contribution >= 0.6 is 0 Å². The molecule has 0 bridgehead atoms. The lowest BCUT2D eigenvalue weighted by Gasteiger charge is -2.15. The summed E-state index contributed by atoms with van der Waals surface area (Å²) in [6, 6.07) is 7.80. The fourth-order valence-corrected chi connectivity index (χ4v) is 1.38. The Hall–Kier alpha value is -1.50. The van der Waals surface area contributed by atoms with Gasteiger partial charge >= 0.3 is 0 Å². The van der Waals surface area contributed by atoms with Gasteiger partial charge in [-0.25, -0.2) is 0 Å². The molecule has 0 radical (unpaired) electrons. The summed E-state index contributed by atoms with van der Waals surface area (Å²) in [5.74, 6) is 3.21. The standard InChI is InChI=1S/C13H17NO2/c1-3-10-16-13-6-4-12(5-7-13)11-14(2)8-9-15/h1,4-7,15H,8-11H2,2H3. The average molecular weight is 219 g/mol. The number of aliphatic hydroxyl groups excluding tert-OH is 1. The summed E-state index contributed by atoms with van der Waals surface area (Å²) in [6.07, 6.45) is 5.10. The van der Waals surface area contributed by atoms with Crippen LogP contribution in [0.2, 0.25) is 0 Å². The van der Waals surface area contributed by atoms with E-state index >= 15 is 0 Å². The molecule has 16 heavy (non-hydrogen) atoms. The molecule has 3 heteroatoms. The monoisotopic (exact) mass is 219 g/mol. The number of likely N-dealkylation sites (N-methyl/N-ethyl adjacent to an activating group) is 1. The van der Waals surface area contributed by atoms with E-state index in [1.54, 1.807) is 0 Å². The molecule has 0 saturated carbocycles. The molecule has 1 rings (SSSR count). The van der Waals surface area contributed by atoms with Crippen LogP contribution in [0.3, 0.4) is 0 Å². The number of benzene rings is 1. The minimum Gasteiger partial charge on any atom is -0.481 e. The maximum Gasteiger partial charge on any atom is 0.148 e. The zero-order valence-electron chi connectivity index (χ0n) is 9.52. The lowest BCUT2D eigenvalue weighted by atomic mass is 10.2. The molecule has 0 spiro atoms. The maximum absolute atomic E-state index is 8.78. The Kier molecular flexibility index (Phi) is 5.41. The van der Waals surface area contributed by atoms with E-state index in [9.17, 15) is 0 Å². The van der Waals surface area contributed by atoms with Crippen molar-refractivity contribution in [3.63, 3.8) is 0 Å². The van der Waals surface area contributed by atoms with Crippen molar-refractivity contribution in [3.8, 4) is 18.1 Å². The van der Waals surface area contributed by atoms with Crippen molar-refractivity contribution in [1.29, 1.82) is 0 Å². The van der Waals surface area contributed by atoms with Gasteiger partial charge in [0.2, 0.25) is 0 Å². The summed E-state index contributed by atoms with van der Waals surface area (Å²) >= 11 is 0. The predicted octanol–water partition coefficient (Wildman–Crippen LogP) is 1.12. The third-order valence-electron chi connectivity index (χ3n) is 2.18. The Morgan fingerprint density at radius 2 is 2.06 bits per heavy atom. The molecule has 0 amide bonds. The largest absolute Gasteiger partial charge is 0.481 e. The molecular weight excluding hydrogens is 202 g/mol. The van der Waals surface area contributed by atoms with Crippen molar-refractivity contribution in [3.05, 3.63) is 29.8 Å². The number of aliphatic hydroxyl groups is 1. The molecule has 0 aromatic heterocycles. The molecule has 1 N–H and O–H groups in total. The van der Waals surface area contributed by atoms with Crippen LogP contribution in [0.4, 0.5) is 0 Å². The van der Waals surface area contributed by atoms with Gasteiger partial charge in [-0.05, 0) is 24.7 Å². The third-order valence-corrected chi connectivity index (χ3v) is 2.18. The SMILES string of the molecule is C#CCOc1ccc(CN(C)CCO)cc1. The Labute approximate surface area is 96.7 Å². The van der Waals surface area contributed by atoms with E-state index in [0.717, 1.165) is 12.3 Å². The number of hydrogen-bond donors (Lipinski definition) is 1. The Morgan fingerprint density at radius 1 is 1.38 bits per heavy atom. The molecule has 0 aliphatic rings. The highest BCUT2D eigenvalue weighted by atomic mass is 16.5. The first-order valence-electron chi connectivity index (χ1n) is 5.21. The van der Waals surface area contributed by atoms with Gasteiger partial charge in [0.05, 0.1) is 6.61 Å². The molecule has 0 unspecified atom stereocenters. The van der Waals surface area contributed by atoms with Gasteiger partial charge in [-0.15, -0.1) is 6.42 Å². The van der Waals surface area contributed by atoms with E-state index in [0.29, 0.717) is 13.2 Å². The van der Waals surface area contributed by atoms with Crippen molar-refractivity contribution >= 4 is 0 Å². The van der Waals surface area contributed by atoms with E-state index in [1.807, 2.05) is 31.3 Å². The second kappa shape index (κ2) is 6.89. The van der Waals surface area contributed by atoms with Gasteiger partial charge < -0.3 is 9.84 Å². The summed E-state index contributed by atoms with van der Waals surface area (Å²) in [6.45, 7) is 1.97. The molecule has 3 nitrogen and oxygen atoms in total. The second-order valence-corrected chi connectivity index (χ2v) is 3.60. The predicted molar refractivity (Wildman–Crippen MR) is 64.2 cm³/mol. The van der Waals surface area contributed by atoms with Crippen molar-refractivity contribution in [2.45, 2.75) is 6.54 Å². The first-order valence-corrected chi connectivity index (χ1v) is 5.21. The molecule has 0 saturated heterocycles. The first kappa shape index (κ1) is 12.6. The minimum absolute atomic E-state index is 0.180.